The Labute approximate surface area is 172 Å². The van der Waals surface area contributed by atoms with Gasteiger partial charge in [0.2, 0.25) is 0 Å². The number of ether oxygens (including phenoxy) is 1. The second-order valence-electron chi connectivity index (χ2n) is 6.45. The third-order valence-electron chi connectivity index (χ3n) is 4.50. The molecular weight excluding hydrogens is 399 g/mol. The van der Waals surface area contributed by atoms with Gasteiger partial charge in [0.15, 0.2) is 17.5 Å². The first-order valence-corrected chi connectivity index (χ1v) is 9.63. The van der Waals surface area contributed by atoms with E-state index in [1.165, 1.54) is 7.11 Å². The number of carbonyl (C=O) groups excluding carboxylic acids is 1. The van der Waals surface area contributed by atoms with E-state index in [0.717, 1.165) is 24.4 Å². The highest BCUT2D eigenvalue weighted by atomic mass is 35.5. The lowest BCUT2D eigenvalue weighted by Gasteiger charge is -2.18. The van der Waals surface area contributed by atoms with Gasteiger partial charge < -0.3 is 20.4 Å². The molecule has 3 aromatic rings. The number of amides is 1. The zero-order valence-electron chi connectivity index (χ0n) is 16.1. The van der Waals surface area contributed by atoms with Crippen LogP contribution in [0.3, 0.4) is 0 Å². The number of aromatic amines is 1. The standard InChI is InChI=1S/C19H22ClFN6O2/c1-3-12(5-4-6-22-19(28)29-2)26-18-15(21)10-25-17(27-18)14-9-24-16-13(14)7-11(20)8-23-16/h7-10,12H,3-6H2,1-2H3,(H,22,28)(H,23,24)(H,25,26,27)/t12-/m1/s1. The summed E-state index contributed by atoms with van der Waals surface area (Å²) in [7, 11) is 1.32. The first-order valence-electron chi connectivity index (χ1n) is 9.25. The van der Waals surface area contributed by atoms with Crippen LogP contribution in [0.15, 0.2) is 24.7 Å². The third-order valence-corrected chi connectivity index (χ3v) is 4.71. The highest BCUT2D eigenvalue weighted by Gasteiger charge is 2.16. The van der Waals surface area contributed by atoms with Crippen LogP contribution >= 0.6 is 11.6 Å². The van der Waals surface area contributed by atoms with Crippen LogP contribution in [0.2, 0.25) is 5.02 Å². The molecule has 0 radical (unpaired) electrons. The number of H-pyrrole nitrogens is 1. The second kappa shape index (κ2) is 9.51. The number of hydrogen-bond acceptors (Lipinski definition) is 6. The van der Waals surface area contributed by atoms with E-state index in [-0.39, 0.29) is 11.9 Å². The molecule has 0 aliphatic carbocycles. The lowest BCUT2D eigenvalue weighted by atomic mass is 10.1. The molecule has 3 aromatic heterocycles. The Hall–Kier alpha value is -2.94. The summed E-state index contributed by atoms with van der Waals surface area (Å²) in [5, 5.41) is 7.02. The van der Waals surface area contributed by atoms with E-state index < -0.39 is 11.9 Å². The number of nitrogens with one attached hydrogen (secondary N) is 3. The number of alkyl carbamates (subject to hydrolysis) is 1. The second-order valence-corrected chi connectivity index (χ2v) is 6.89. The largest absolute Gasteiger partial charge is 0.453 e. The van der Waals surface area contributed by atoms with E-state index in [1.807, 2.05) is 6.92 Å². The Morgan fingerprint density at radius 2 is 2.21 bits per heavy atom. The Bertz CT molecular complexity index is 996. The molecular formula is C19H22ClFN6O2. The molecule has 0 fully saturated rings. The molecule has 0 bridgehead atoms. The highest BCUT2D eigenvalue weighted by molar-refractivity contribution is 6.31. The SMILES string of the molecule is CC[C@H](CCCNC(=O)OC)Nc1nc(-c2c[nH]c3ncc(Cl)cc23)ncc1F. The van der Waals surface area contributed by atoms with Gasteiger partial charge in [0.25, 0.3) is 0 Å². The predicted molar refractivity (Wildman–Crippen MR) is 109 cm³/mol. The van der Waals surface area contributed by atoms with Gasteiger partial charge in [-0.1, -0.05) is 18.5 Å². The van der Waals surface area contributed by atoms with Crippen molar-refractivity contribution in [2.75, 3.05) is 19.0 Å². The van der Waals surface area contributed by atoms with E-state index in [9.17, 15) is 9.18 Å². The number of halogens is 2. The molecule has 1 amide bonds. The predicted octanol–water partition coefficient (Wildman–Crippen LogP) is 4.14. The summed E-state index contributed by atoms with van der Waals surface area (Å²) in [5.74, 6) is -0.0329. The topological polar surface area (TPSA) is 105 Å². The molecule has 0 aliphatic heterocycles. The van der Waals surface area contributed by atoms with Crippen molar-refractivity contribution < 1.29 is 13.9 Å². The van der Waals surface area contributed by atoms with Gasteiger partial charge >= 0.3 is 6.09 Å². The Morgan fingerprint density at radius 1 is 1.38 bits per heavy atom. The van der Waals surface area contributed by atoms with Crippen LogP contribution in [-0.2, 0) is 4.74 Å². The molecule has 8 nitrogen and oxygen atoms in total. The Kier molecular flexibility index (Phi) is 6.82. The number of rotatable bonds is 8. The summed E-state index contributed by atoms with van der Waals surface area (Å²) >= 11 is 6.04. The normalized spacial score (nSPS) is 12.0. The van der Waals surface area contributed by atoms with Crippen LogP contribution in [0.4, 0.5) is 15.0 Å². The van der Waals surface area contributed by atoms with Crippen molar-refractivity contribution in [2.24, 2.45) is 0 Å². The van der Waals surface area contributed by atoms with Gasteiger partial charge in [-0.25, -0.2) is 24.1 Å². The van der Waals surface area contributed by atoms with Crippen LogP contribution in [0.1, 0.15) is 26.2 Å². The summed E-state index contributed by atoms with van der Waals surface area (Å²) in [6.07, 6.45) is 6.16. The number of aromatic nitrogens is 4. The number of carbonyl (C=O) groups is 1. The third kappa shape index (κ3) is 5.11. The fourth-order valence-electron chi connectivity index (χ4n) is 2.94. The minimum absolute atomic E-state index is 0.00854. The summed E-state index contributed by atoms with van der Waals surface area (Å²) in [5.41, 5.74) is 1.34. The summed E-state index contributed by atoms with van der Waals surface area (Å²) < 4.78 is 18.9. The zero-order valence-corrected chi connectivity index (χ0v) is 16.9. The van der Waals surface area contributed by atoms with E-state index >= 15 is 0 Å². The van der Waals surface area contributed by atoms with Gasteiger partial charge in [-0.15, -0.1) is 0 Å². The minimum atomic E-state index is -0.532. The van der Waals surface area contributed by atoms with Crippen LogP contribution in [0.25, 0.3) is 22.4 Å². The molecule has 10 heteroatoms. The monoisotopic (exact) mass is 420 g/mol. The highest BCUT2D eigenvalue weighted by Crippen LogP contribution is 2.28. The van der Waals surface area contributed by atoms with Crippen LogP contribution < -0.4 is 10.6 Å². The van der Waals surface area contributed by atoms with Gasteiger partial charge in [-0.3, -0.25) is 0 Å². The Balaban J connectivity index is 1.74. The number of hydrogen-bond donors (Lipinski definition) is 3. The van der Waals surface area contributed by atoms with Crippen molar-refractivity contribution in [3.63, 3.8) is 0 Å². The fourth-order valence-corrected chi connectivity index (χ4v) is 3.10. The first-order chi connectivity index (χ1) is 14.0. The van der Waals surface area contributed by atoms with E-state index in [4.69, 9.17) is 11.6 Å². The van der Waals surface area contributed by atoms with Crippen molar-refractivity contribution >= 4 is 34.5 Å². The average molecular weight is 421 g/mol. The van der Waals surface area contributed by atoms with Gasteiger partial charge in [0.05, 0.1) is 18.3 Å². The maximum absolute atomic E-state index is 14.3. The van der Waals surface area contributed by atoms with Gasteiger partial charge in [0.1, 0.15) is 5.65 Å². The molecule has 0 spiro atoms. The molecule has 3 rings (SSSR count). The fraction of sp³-hybridized carbons (Fsp3) is 0.368. The van der Waals surface area contributed by atoms with Crippen molar-refractivity contribution in [3.8, 4) is 11.4 Å². The summed E-state index contributed by atoms with van der Waals surface area (Å²) in [6.45, 7) is 2.48. The molecule has 0 saturated carbocycles. The lowest BCUT2D eigenvalue weighted by Crippen LogP contribution is -2.26. The van der Waals surface area contributed by atoms with Crippen molar-refractivity contribution in [1.82, 2.24) is 25.3 Å². The lowest BCUT2D eigenvalue weighted by molar-refractivity contribution is 0.171. The van der Waals surface area contributed by atoms with Crippen molar-refractivity contribution in [1.29, 1.82) is 0 Å². The molecule has 0 aliphatic rings. The van der Waals surface area contributed by atoms with Gasteiger partial charge in [-0.05, 0) is 25.3 Å². The van der Waals surface area contributed by atoms with Crippen molar-refractivity contribution in [3.05, 3.63) is 35.5 Å². The smallest absolute Gasteiger partial charge is 0.406 e. The van der Waals surface area contributed by atoms with E-state index in [1.54, 1.807) is 18.5 Å². The molecule has 3 N–H and O–H groups in total. The number of anilines is 1. The van der Waals surface area contributed by atoms with Crippen LogP contribution in [-0.4, -0.2) is 45.7 Å². The number of pyridine rings is 1. The zero-order chi connectivity index (χ0) is 20.8. The molecule has 0 saturated heterocycles. The van der Waals surface area contributed by atoms with E-state index in [0.29, 0.717) is 35.0 Å². The van der Waals surface area contributed by atoms with Crippen LogP contribution in [0, 0.1) is 5.82 Å². The number of methoxy groups -OCH3 is 1. The van der Waals surface area contributed by atoms with Crippen LogP contribution in [0.5, 0.6) is 0 Å². The number of nitrogens with zero attached hydrogens (tertiary/aromatic N) is 3. The Morgan fingerprint density at radius 3 is 2.97 bits per heavy atom. The molecule has 0 aromatic carbocycles. The molecule has 1 atom stereocenters. The van der Waals surface area contributed by atoms with E-state index in [2.05, 4.69) is 35.3 Å². The molecule has 29 heavy (non-hydrogen) atoms. The average Bonchev–Trinajstić information content (AvgIpc) is 3.14. The summed E-state index contributed by atoms with van der Waals surface area (Å²) in [6, 6.07) is 1.75. The molecule has 154 valence electrons. The summed E-state index contributed by atoms with van der Waals surface area (Å²) in [4.78, 5) is 26.8. The molecule has 0 unspecified atom stereocenters. The quantitative estimate of drug-likeness (QED) is 0.473. The molecule has 3 heterocycles. The maximum Gasteiger partial charge on any atom is 0.406 e. The van der Waals surface area contributed by atoms with Gasteiger partial charge in [0, 0.05) is 35.9 Å². The maximum atomic E-state index is 14.3. The van der Waals surface area contributed by atoms with Crippen molar-refractivity contribution in [2.45, 2.75) is 32.2 Å². The minimum Gasteiger partial charge on any atom is -0.453 e. The first kappa shape index (κ1) is 20.8. The van der Waals surface area contributed by atoms with Gasteiger partial charge in [-0.2, -0.15) is 0 Å². The number of fused-ring (bicyclic) bond motifs is 1.